The van der Waals surface area contributed by atoms with E-state index < -0.39 is 9.84 Å². The molecule has 1 aliphatic carbocycles. The number of aromatic nitrogens is 2. The zero-order chi connectivity index (χ0) is 15.6. The van der Waals surface area contributed by atoms with Crippen molar-refractivity contribution in [2.75, 3.05) is 37.1 Å². The summed E-state index contributed by atoms with van der Waals surface area (Å²) < 4.78 is 28.9. The van der Waals surface area contributed by atoms with Gasteiger partial charge in [0, 0.05) is 43.5 Å². The van der Waals surface area contributed by atoms with Crippen LogP contribution in [0.15, 0.2) is 12.3 Å². The van der Waals surface area contributed by atoms with Crippen molar-refractivity contribution in [3.63, 3.8) is 0 Å². The summed E-state index contributed by atoms with van der Waals surface area (Å²) in [5.41, 5.74) is -0.267. The van der Waals surface area contributed by atoms with Crippen LogP contribution in [0.1, 0.15) is 37.4 Å². The minimum Gasteiger partial charge on any atom is -0.381 e. The van der Waals surface area contributed by atoms with E-state index in [-0.39, 0.29) is 11.2 Å². The molecule has 0 radical (unpaired) electrons. The van der Waals surface area contributed by atoms with Gasteiger partial charge >= 0.3 is 0 Å². The van der Waals surface area contributed by atoms with Gasteiger partial charge in [-0.2, -0.15) is 0 Å². The summed E-state index contributed by atoms with van der Waals surface area (Å²) in [4.78, 5) is 8.85. The lowest BCUT2D eigenvalue weighted by molar-refractivity contribution is 0.0315. The van der Waals surface area contributed by atoms with Gasteiger partial charge in [-0.25, -0.2) is 18.4 Å². The van der Waals surface area contributed by atoms with E-state index in [0.717, 1.165) is 24.5 Å². The Balaban J connectivity index is 1.69. The maximum Gasteiger partial charge on any atom is 0.148 e. The predicted octanol–water partition coefficient (Wildman–Crippen LogP) is 1.61. The van der Waals surface area contributed by atoms with E-state index in [9.17, 15) is 8.42 Å². The van der Waals surface area contributed by atoms with E-state index >= 15 is 0 Å². The van der Waals surface area contributed by atoms with Crippen molar-refractivity contribution < 1.29 is 13.2 Å². The first kappa shape index (κ1) is 15.7. The van der Waals surface area contributed by atoms with Crippen molar-refractivity contribution in [3.8, 4) is 0 Å². The van der Waals surface area contributed by atoms with Crippen molar-refractivity contribution in [2.45, 2.75) is 31.6 Å². The number of hydrogen-bond acceptors (Lipinski definition) is 6. The van der Waals surface area contributed by atoms with Gasteiger partial charge in [0.15, 0.2) is 0 Å². The summed E-state index contributed by atoms with van der Waals surface area (Å²) in [6.07, 6.45) is 6.93. The van der Waals surface area contributed by atoms with Gasteiger partial charge in [-0.15, -0.1) is 0 Å². The Hall–Kier alpha value is -1.21. The maximum absolute atomic E-state index is 11.8. The summed E-state index contributed by atoms with van der Waals surface area (Å²) in [6.45, 7) is 1.84. The van der Waals surface area contributed by atoms with Crippen molar-refractivity contribution in [2.24, 2.45) is 5.41 Å². The van der Waals surface area contributed by atoms with Crippen molar-refractivity contribution >= 4 is 15.7 Å². The standard InChI is InChI=1S/C15H23N3O3S/c1-22(19,20)11-15(5-8-21-9-6-15)10-17-13-4-7-16-14(18-13)12-2-3-12/h4,7,12H,2-3,5-6,8-11H2,1H3,(H,16,17,18). The van der Waals surface area contributed by atoms with Gasteiger partial charge in [0.05, 0.1) is 5.75 Å². The summed E-state index contributed by atoms with van der Waals surface area (Å²) in [7, 11) is -3.03. The summed E-state index contributed by atoms with van der Waals surface area (Å²) >= 11 is 0. The van der Waals surface area contributed by atoms with Crippen LogP contribution in [-0.4, -0.2) is 50.2 Å². The molecule has 0 spiro atoms. The van der Waals surface area contributed by atoms with Crippen LogP contribution in [-0.2, 0) is 14.6 Å². The lowest BCUT2D eigenvalue weighted by Crippen LogP contribution is -2.41. The summed E-state index contributed by atoms with van der Waals surface area (Å²) in [6, 6.07) is 1.85. The lowest BCUT2D eigenvalue weighted by atomic mass is 9.82. The first-order chi connectivity index (χ1) is 10.5. The molecule has 6 nitrogen and oxygen atoms in total. The highest BCUT2D eigenvalue weighted by Crippen LogP contribution is 2.38. The number of ether oxygens (including phenoxy) is 1. The minimum atomic E-state index is -3.03. The third-order valence-electron chi connectivity index (χ3n) is 4.38. The monoisotopic (exact) mass is 325 g/mol. The molecule has 1 aromatic rings. The van der Waals surface area contributed by atoms with Gasteiger partial charge in [0.25, 0.3) is 0 Å². The highest BCUT2D eigenvalue weighted by molar-refractivity contribution is 7.90. The molecular weight excluding hydrogens is 302 g/mol. The fraction of sp³-hybridized carbons (Fsp3) is 0.733. The van der Waals surface area contributed by atoms with E-state index in [2.05, 4.69) is 15.3 Å². The molecule has 122 valence electrons. The summed E-state index contributed by atoms with van der Waals surface area (Å²) in [5, 5.41) is 3.33. The molecule has 0 unspecified atom stereocenters. The Bertz CT molecular complexity index is 623. The molecule has 1 aliphatic heterocycles. The van der Waals surface area contributed by atoms with Crippen molar-refractivity contribution in [1.29, 1.82) is 0 Å². The van der Waals surface area contributed by atoms with Crippen LogP contribution in [0.3, 0.4) is 0 Å². The Labute approximate surface area is 131 Å². The zero-order valence-corrected chi connectivity index (χ0v) is 13.7. The van der Waals surface area contributed by atoms with E-state index in [0.29, 0.717) is 25.7 Å². The normalized spacial score (nSPS) is 21.5. The lowest BCUT2D eigenvalue weighted by Gasteiger charge is -2.36. The zero-order valence-electron chi connectivity index (χ0n) is 12.9. The number of rotatable bonds is 6. The van der Waals surface area contributed by atoms with E-state index in [1.807, 2.05) is 6.07 Å². The Morgan fingerprint density at radius 1 is 1.36 bits per heavy atom. The molecule has 2 aliphatic rings. The topological polar surface area (TPSA) is 81.2 Å². The number of hydrogen-bond donors (Lipinski definition) is 1. The van der Waals surface area contributed by atoms with Gasteiger partial charge in [-0.05, 0) is 31.7 Å². The van der Waals surface area contributed by atoms with Gasteiger partial charge in [-0.1, -0.05) is 0 Å². The van der Waals surface area contributed by atoms with Crippen molar-refractivity contribution in [1.82, 2.24) is 9.97 Å². The SMILES string of the molecule is CS(=O)(=O)CC1(CNc2ccnc(C3CC3)n2)CCOCC1. The molecule has 0 amide bonds. The van der Waals surface area contributed by atoms with Gasteiger partial charge in [0.2, 0.25) is 0 Å². The second-order valence-electron chi connectivity index (χ2n) is 6.61. The molecule has 0 aromatic carbocycles. The van der Waals surface area contributed by atoms with Crippen LogP contribution < -0.4 is 5.32 Å². The van der Waals surface area contributed by atoms with Crippen LogP contribution in [0, 0.1) is 5.41 Å². The molecular formula is C15H23N3O3S. The number of anilines is 1. The molecule has 0 atom stereocenters. The van der Waals surface area contributed by atoms with E-state index in [1.165, 1.54) is 19.1 Å². The first-order valence-corrected chi connectivity index (χ1v) is 9.84. The molecule has 1 aromatic heterocycles. The molecule has 2 heterocycles. The second kappa shape index (κ2) is 6.12. The molecule has 2 fully saturated rings. The molecule has 1 N–H and O–H groups in total. The molecule has 1 saturated carbocycles. The average Bonchev–Trinajstić information content (AvgIpc) is 3.29. The largest absolute Gasteiger partial charge is 0.381 e. The third kappa shape index (κ3) is 4.16. The van der Waals surface area contributed by atoms with Crippen LogP contribution in [0.5, 0.6) is 0 Å². The molecule has 3 rings (SSSR count). The number of nitrogens with one attached hydrogen (secondary N) is 1. The Morgan fingerprint density at radius 3 is 2.73 bits per heavy atom. The van der Waals surface area contributed by atoms with E-state index in [1.54, 1.807) is 6.20 Å². The fourth-order valence-electron chi connectivity index (χ4n) is 3.02. The average molecular weight is 325 g/mol. The van der Waals surface area contributed by atoms with Gasteiger partial charge in [-0.3, -0.25) is 0 Å². The van der Waals surface area contributed by atoms with E-state index in [4.69, 9.17) is 4.74 Å². The second-order valence-corrected chi connectivity index (χ2v) is 8.75. The Kier molecular flexibility index (Phi) is 4.36. The predicted molar refractivity (Wildman–Crippen MR) is 84.7 cm³/mol. The highest BCUT2D eigenvalue weighted by atomic mass is 32.2. The van der Waals surface area contributed by atoms with Crippen LogP contribution in [0.25, 0.3) is 0 Å². The number of sulfone groups is 1. The molecule has 1 saturated heterocycles. The van der Waals surface area contributed by atoms with Gasteiger partial charge < -0.3 is 10.1 Å². The Morgan fingerprint density at radius 2 is 2.09 bits per heavy atom. The van der Waals surface area contributed by atoms with Crippen LogP contribution in [0.2, 0.25) is 0 Å². The van der Waals surface area contributed by atoms with Crippen LogP contribution >= 0.6 is 0 Å². The summed E-state index contributed by atoms with van der Waals surface area (Å²) in [5.74, 6) is 2.39. The number of nitrogens with zero attached hydrogens (tertiary/aromatic N) is 2. The smallest absolute Gasteiger partial charge is 0.148 e. The molecule has 0 bridgehead atoms. The maximum atomic E-state index is 11.8. The third-order valence-corrected chi connectivity index (χ3v) is 5.52. The van der Waals surface area contributed by atoms with Crippen LogP contribution in [0.4, 0.5) is 5.82 Å². The fourth-order valence-corrected chi connectivity index (χ4v) is 4.52. The minimum absolute atomic E-state index is 0.191. The molecule has 22 heavy (non-hydrogen) atoms. The quantitative estimate of drug-likeness (QED) is 0.856. The molecule has 7 heteroatoms. The van der Waals surface area contributed by atoms with Crippen molar-refractivity contribution in [3.05, 3.63) is 18.1 Å². The first-order valence-electron chi connectivity index (χ1n) is 7.78. The van der Waals surface area contributed by atoms with Gasteiger partial charge in [0.1, 0.15) is 21.5 Å². The highest BCUT2D eigenvalue weighted by Gasteiger charge is 2.36.